The maximum Gasteiger partial charge on any atom is 0.0597 e. The number of hydrogen-bond acceptors (Lipinski definition) is 3. The Morgan fingerprint density at radius 1 is 1.33 bits per heavy atom. The topological polar surface area (TPSA) is 32.7 Å². The smallest absolute Gasteiger partial charge is 0.0597 e. The van der Waals surface area contributed by atoms with Crippen LogP contribution in [0, 0.1) is 0 Å². The van der Waals surface area contributed by atoms with Crippen LogP contribution in [-0.4, -0.2) is 48.5 Å². The Hall–Kier alpha value is -0.120. The van der Waals surface area contributed by atoms with Gasteiger partial charge in [-0.1, -0.05) is 12.8 Å². The van der Waals surface area contributed by atoms with Crippen molar-refractivity contribution in [2.45, 2.75) is 51.7 Å². The molecule has 1 rings (SSSR count). The van der Waals surface area contributed by atoms with Crippen LogP contribution in [0.5, 0.6) is 0 Å². The van der Waals surface area contributed by atoms with E-state index in [4.69, 9.17) is 4.74 Å². The lowest BCUT2D eigenvalue weighted by Gasteiger charge is -2.28. The van der Waals surface area contributed by atoms with Gasteiger partial charge in [-0.2, -0.15) is 0 Å². The van der Waals surface area contributed by atoms with Gasteiger partial charge in [-0.15, -0.1) is 0 Å². The normalized spacial score (nSPS) is 24.4. The number of hydrogen-bond donors (Lipinski definition) is 1. The molecule has 0 spiro atoms. The molecule has 0 amide bonds. The Balaban J connectivity index is 2.28. The van der Waals surface area contributed by atoms with Crippen molar-refractivity contribution in [2.75, 3.05) is 26.3 Å². The summed E-state index contributed by atoms with van der Waals surface area (Å²) in [6, 6.07) is 0.364. The maximum atomic E-state index is 9.31. The van der Waals surface area contributed by atoms with Crippen molar-refractivity contribution in [3.8, 4) is 0 Å². The molecule has 1 heterocycles. The highest BCUT2D eigenvalue weighted by atomic mass is 16.5. The largest absolute Gasteiger partial charge is 0.395 e. The van der Waals surface area contributed by atoms with E-state index in [2.05, 4.69) is 18.7 Å². The molecule has 0 radical (unpaired) electrons. The average molecular weight is 215 g/mol. The third-order valence-corrected chi connectivity index (χ3v) is 3.04. The fourth-order valence-corrected chi connectivity index (χ4v) is 2.14. The van der Waals surface area contributed by atoms with Crippen LogP contribution >= 0.6 is 0 Å². The Bertz CT molecular complexity index is 162. The van der Waals surface area contributed by atoms with Crippen LogP contribution in [0.15, 0.2) is 0 Å². The van der Waals surface area contributed by atoms with Crippen molar-refractivity contribution in [3.05, 3.63) is 0 Å². The van der Waals surface area contributed by atoms with Crippen LogP contribution < -0.4 is 0 Å². The summed E-state index contributed by atoms with van der Waals surface area (Å²) in [5, 5.41) is 9.31. The van der Waals surface area contributed by atoms with Crippen LogP contribution in [0.3, 0.4) is 0 Å². The first-order valence-corrected chi connectivity index (χ1v) is 6.20. The lowest BCUT2D eigenvalue weighted by Crippen LogP contribution is -2.39. The zero-order chi connectivity index (χ0) is 11.1. The molecule has 90 valence electrons. The molecule has 1 aliphatic heterocycles. The Kier molecular flexibility index (Phi) is 6.22. The second kappa shape index (κ2) is 7.20. The monoisotopic (exact) mass is 215 g/mol. The lowest BCUT2D eigenvalue weighted by molar-refractivity contribution is 0.0396. The molecular weight excluding hydrogens is 190 g/mol. The Labute approximate surface area is 93.4 Å². The fraction of sp³-hybridized carbons (Fsp3) is 1.00. The number of ether oxygens (including phenoxy) is 1. The second-order valence-corrected chi connectivity index (χ2v) is 4.64. The summed E-state index contributed by atoms with van der Waals surface area (Å²) in [4.78, 5) is 2.38. The summed E-state index contributed by atoms with van der Waals surface area (Å²) in [6.07, 6.45) is 5.27. The molecule has 1 fully saturated rings. The van der Waals surface area contributed by atoms with Crippen LogP contribution in [0.1, 0.15) is 39.5 Å². The highest BCUT2D eigenvalue weighted by Crippen LogP contribution is 2.15. The fourth-order valence-electron chi connectivity index (χ4n) is 2.14. The van der Waals surface area contributed by atoms with E-state index >= 15 is 0 Å². The SMILES string of the molecule is CC(C)OCCN1CCCCCC1CO. The van der Waals surface area contributed by atoms with E-state index in [0.717, 1.165) is 26.1 Å². The van der Waals surface area contributed by atoms with Crippen LogP contribution in [0.25, 0.3) is 0 Å². The van der Waals surface area contributed by atoms with Crippen LogP contribution in [0.4, 0.5) is 0 Å². The molecule has 0 saturated carbocycles. The second-order valence-electron chi connectivity index (χ2n) is 4.64. The van der Waals surface area contributed by atoms with E-state index in [1.54, 1.807) is 0 Å². The molecule has 1 unspecified atom stereocenters. The first-order chi connectivity index (χ1) is 7.24. The van der Waals surface area contributed by atoms with Gasteiger partial charge < -0.3 is 9.84 Å². The van der Waals surface area contributed by atoms with Gasteiger partial charge in [0.1, 0.15) is 0 Å². The minimum atomic E-state index is 0.293. The summed E-state index contributed by atoms with van der Waals surface area (Å²) in [6.45, 7) is 7.28. The summed E-state index contributed by atoms with van der Waals surface area (Å²) in [5.74, 6) is 0. The molecule has 0 aromatic rings. The van der Waals surface area contributed by atoms with Gasteiger partial charge in [0.15, 0.2) is 0 Å². The van der Waals surface area contributed by atoms with E-state index in [0.29, 0.717) is 18.8 Å². The van der Waals surface area contributed by atoms with E-state index in [1.165, 1.54) is 19.3 Å². The van der Waals surface area contributed by atoms with Gasteiger partial charge in [0.25, 0.3) is 0 Å². The summed E-state index contributed by atoms with van der Waals surface area (Å²) in [5.41, 5.74) is 0. The van der Waals surface area contributed by atoms with Gasteiger partial charge in [-0.3, -0.25) is 4.90 Å². The van der Waals surface area contributed by atoms with Crippen LogP contribution in [-0.2, 0) is 4.74 Å². The molecular formula is C12H25NO2. The standard InChI is InChI=1S/C12H25NO2/c1-11(2)15-9-8-13-7-5-3-4-6-12(13)10-14/h11-12,14H,3-10H2,1-2H3. The van der Waals surface area contributed by atoms with Crippen molar-refractivity contribution in [1.29, 1.82) is 0 Å². The number of nitrogens with zero attached hydrogens (tertiary/aromatic N) is 1. The van der Waals surface area contributed by atoms with E-state index in [1.807, 2.05) is 0 Å². The first kappa shape index (κ1) is 12.9. The minimum absolute atomic E-state index is 0.293. The third kappa shape index (κ3) is 4.96. The molecule has 15 heavy (non-hydrogen) atoms. The van der Waals surface area contributed by atoms with Gasteiger partial charge in [-0.25, -0.2) is 0 Å². The van der Waals surface area contributed by atoms with Gasteiger partial charge in [0.2, 0.25) is 0 Å². The molecule has 1 saturated heterocycles. The molecule has 0 aliphatic carbocycles. The average Bonchev–Trinajstić information content (AvgIpc) is 2.42. The van der Waals surface area contributed by atoms with Crippen molar-refractivity contribution >= 4 is 0 Å². The van der Waals surface area contributed by atoms with Crippen molar-refractivity contribution in [3.63, 3.8) is 0 Å². The van der Waals surface area contributed by atoms with Gasteiger partial charge in [0, 0.05) is 12.6 Å². The molecule has 3 heteroatoms. The number of aliphatic hydroxyl groups excluding tert-OH is 1. The molecule has 0 aromatic carbocycles. The van der Waals surface area contributed by atoms with E-state index < -0.39 is 0 Å². The van der Waals surface area contributed by atoms with Crippen molar-refractivity contribution < 1.29 is 9.84 Å². The van der Waals surface area contributed by atoms with E-state index in [9.17, 15) is 5.11 Å². The predicted molar refractivity (Wildman–Crippen MR) is 62.0 cm³/mol. The highest BCUT2D eigenvalue weighted by molar-refractivity contribution is 4.74. The highest BCUT2D eigenvalue weighted by Gasteiger charge is 2.19. The molecule has 0 aromatic heterocycles. The lowest BCUT2D eigenvalue weighted by atomic mass is 10.1. The Morgan fingerprint density at radius 2 is 2.13 bits per heavy atom. The van der Waals surface area contributed by atoms with Gasteiger partial charge >= 0.3 is 0 Å². The maximum absolute atomic E-state index is 9.31. The quantitative estimate of drug-likeness (QED) is 0.757. The van der Waals surface area contributed by atoms with E-state index in [-0.39, 0.29) is 0 Å². The number of rotatable bonds is 5. The first-order valence-electron chi connectivity index (χ1n) is 6.20. The zero-order valence-corrected chi connectivity index (χ0v) is 10.1. The summed E-state index contributed by atoms with van der Waals surface area (Å²) in [7, 11) is 0. The molecule has 1 N–H and O–H groups in total. The third-order valence-electron chi connectivity index (χ3n) is 3.04. The molecule has 3 nitrogen and oxygen atoms in total. The molecule has 1 atom stereocenters. The van der Waals surface area contributed by atoms with Gasteiger partial charge in [0.05, 0.1) is 19.3 Å². The number of aliphatic hydroxyl groups is 1. The van der Waals surface area contributed by atoms with Crippen LogP contribution in [0.2, 0.25) is 0 Å². The molecule has 1 aliphatic rings. The summed E-state index contributed by atoms with van der Waals surface area (Å²) >= 11 is 0. The predicted octanol–water partition coefficient (Wildman–Crippen LogP) is 1.65. The molecule has 0 bridgehead atoms. The minimum Gasteiger partial charge on any atom is -0.395 e. The van der Waals surface area contributed by atoms with Crippen molar-refractivity contribution in [1.82, 2.24) is 4.90 Å². The number of likely N-dealkylation sites (tertiary alicyclic amines) is 1. The van der Waals surface area contributed by atoms with Crippen molar-refractivity contribution in [2.24, 2.45) is 0 Å². The van der Waals surface area contributed by atoms with Gasteiger partial charge in [-0.05, 0) is 33.2 Å². The summed E-state index contributed by atoms with van der Waals surface area (Å²) < 4.78 is 5.55. The Morgan fingerprint density at radius 3 is 2.80 bits per heavy atom. The zero-order valence-electron chi connectivity index (χ0n) is 10.1.